The number of benzene rings is 1. The average Bonchev–Trinajstić information content (AvgIpc) is 3.15. The fraction of sp³-hybridized carbons (Fsp3) is 0.267. The molecule has 0 saturated heterocycles. The first-order valence-electron chi connectivity index (χ1n) is 6.42. The molecule has 1 aromatic carbocycles. The van der Waals surface area contributed by atoms with Crippen LogP contribution in [0, 0.1) is 5.82 Å². The summed E-state index contributed by atoms with van der Waals surface area (Å²) < 4.78 is 14.0. The maximum absolute atomic E-state index is 13.4. The molecule has 1 heterocycles. The first kappa shape index (κ1) is 13.8. The number of hydrogen-bond donors (Lipinski definition) is 0. The molecule has 0 radical (unpaired) electrons. The smallest absolute Gasteiger partial charge is 0.255 e. The van der Waals surface area contributed by atoms with Crippen molar-refractivity contribution < 1.29 is 9.18 Å². The predicted molar refractivity (Wildman–Crippen MR) is 81.3 cm³/mol. The van der Waals surface area contributed by atoms with Gasteiger partial charge in [0, 0.05) is 17.1 Å². The van der Waals surface area contributed by atoms with Crippen molar-refractivity contribution in [1.29, 1.82) is 0 Å². The van der Waals surface area contributed by atoms with E-state index in [0.29, 0.717) is 16.6 Å². The summed E-state index contributed by atoms with van der Waals surface area (Å²) in [5, 5.41) is 4.05. The summed E-state index contributed by atoms with van der Waals surface area (Å²) in [7, 11) is 0. The zero-order valence-corrected chi connectivity index (χ0v) is 13.1. The molecule has 0 aliphatic heterocycles. The summed E-state index contributed by atoms with van der Waals surface area (Å²) in [5.41, 5.74) is 1.52. The fourth-order valence-electron chi connectivity index (χ4n) is 2.15. The standard InChI is InChI=1S/C15H13BrFNOS/c16-14-4-1-11(17)7-13(14)15(19)18(12-2-3-12)8-10-5-6-20-9-10/h1,4-7,9,12H,2-3,8H2. The molecule has 1 amide bonds. The van der Waals surface area contributed by atoms with Gasteiger partial charge in [-0.1, -0.05) is 0 Å². The molecule has 1 aliphatic rings. The van der Waals surface area contributed by atoms with Crippen molar-refractivity contribution in [1.82, 2.24) is 4.90 Å². The normalized spacial score (nSPS) is 14.3. The van der Waals surface area contributed by atoms with E-state index in [2.05, 4.69) is 15.9 Å². The molecule has 0 bridgehead atoms. The molecule has 1 fully saturated rings. The van der Waals surface area contributed by atoms with Crippen molar-refractivity contribution in [2.75, 3.05) is 0 Å². The lowest BCUT2D eigenvalue weighted by Crippen LogP contribution is -2.32. The van der Waals surface area contributed by atoms with Crippen LogP contribution in [-0.2, 0) is 6.54 Å². The maximum Gasteiger partial charge on any atom is 0.255 e. The van der Waals surface area contributed by atoms with Gasteiger partial charge in [0.05, 0.1) is 5.56 Å². The lowest BCUT2D eigenvalue weighted by molar-refractivity contribution is 0.0728. The largest absolute Gasteiger partial charge is 0.331 e. The van der Waals surface area contributed by atoms with E-state index in [-0.39, 0.29) is 17.8 Å². The Labute approximate surface area is 129 Å². The van der Waals surface area contributed by atoms with Gasteiger partial charge in [-0.05, 0) is 69.4 Å². The molecule has 0 atom stereocenters. The van der Waals surface area contributed by atoms with Crippen LogP contribution >= 0.6 is 27.3 Å². The summed E-state index contributed by atoms with van der Waals surface area (Å²) in [5.74, 6) is -0.493. The molecule has 2 nitrogen and oxygen atoms in total. The number of thiophene rings is 1. The maximum atomic E-state index is 13.4. The number of hydrogen-bond acceptors (Lipinski definition) is 2. The molecule has 3 rings (SSSR count). The Hall–Kier alpha value is -1.20. The van der Waals surface area contributed by atoms with Gasteiger partial charge in [-0.25, -0.2) is 4.39 Å². The minimum absolute atomic E-state index is 0.106. The Morgan fingerprint density at radius 3 is 2.85 bits per heavy atom. The number of carbonyl (C=O) groups is 1. The van der Waals surface area contributed by atoms with Crippen molar-refractivity contribution in [3.05, 3.63) is 56.4 Å². The number of halogens is 2. The van der Waals surface area contributed by atoms with E-state index < -0.39 is 0 Å². The molecule has 1 aromatic heterocycles. The molecule has 5 heteroatoms. The molecule has 1 saturated carbocycles. The van der Waals surface area contributed by atoms with Crippen LogP contribution in [0.4, 0.5) is 4.39 Å². The van der Waals surface area contributed by atoms with E-state index >= 15 is 0 Å². The van der Waals surface area contributed by atoms with Crippen LogP contribution in [0.5, 0.6) is 0 Å². The summed E-state index contributed by atoms with van der Waals surface area (Å²) in [6.45, 7) is 0.593. The second-order valence-corrected chi connectivity index (χ2v) is 6.55. The highest BCUT2D eigenvalue weighted by atomic mass is 79.9. The summed E-state index contributed by atoms with van der Waals surface area (Å²) in [6, 6.07) is 6.54. The summed E-state index contributed by atoms with van der Waals surface area (Å²) in [4.78, 5) is 14.5. The van der Waals surface area contributed by atoms with Crippen LogP contribution < -0.4 is 0 Å². The third kappa shape index (κ3) is 2.94. The van der Waals surface area contributed by atoms with Gasteiger partial charge in [-0.3, -0.25) is 4.79 Å². The minimum Gasteiger partial charge on any atom is -0.331 e. The van der Waals surface area contributed by atoms with Gasteiger partial charge in [0.1, 0.15) is 5.82 Å². The first-order chi connectivity index (χ1) is 9.65. The average molecular weight is 354 g/mol. The van der Waals surface area contributed by atoms with Crippen molar-refractivity contribution >= 4 is 33.2 Å². The number of nitrogens with zero attached hydrogens (tertiary/aromatic N) is 1. The zero-order valence-electron chi connectivity index (χ0n) is 10.7. The minimum atomic E-state index is -0.386. The third-order valence-corrected chi connectivity index (χ3v) is 4.76. The molecule has 2 aromatic rings. The highest BCUT2D eigenvalue weighted by Crippen LogP contribution is 2.31. The van der Waals surface area contributed by atoms with E-state index in [9.17, 15) is 9.18 Å². The monoisotopic (exact) mass is 353 g/mol. The highest BCUT2D eigenvalue weighted by Gasteiger charge is 2.33. The second-order valence-electron chi connectivity index (χ2n) is 4.92. The third-order valence-electron chi connectivity index (χ3n) is 3.34. The van der Waals surface area contributed by atoms with Crippen LogP contribution in [0.1, 0.15) is 28.8 Å². The second kappa shape index (κ2) is 5.66. The fourth-order valence-corrected chi connectivity index (χ4v) is 3.22. The van der Waals surface area contributed by atoms with Crippen LogP contribution in [0.25, 0.3) is 0 Å². The van der Waals surface area contributed by atoms with Gasteiger partial charge in [-0.2, -0.15) is 11.3 Å². The van der Waals surface area contributed by atoms with Gasteiger partial charge in [0.2, 0.25) is 0 Å². The van der Waals surface area contributed by atoms with Gasteiger partial charge in [0.25, 0.3) is 5.91 Å². The van der Waals surface area contributed by atoms with E-state index in [4.69, 9.17) is 0 Å². The SMILES string of the molecule is O=C(c1cc(F)ccc1Br)N(Cc1ccsc1)C1CC1. The van der Waals surface area contributed by atoms with Crippen LogP contribution in [0.3, 0.4) is 0 Å². The van der Waals surface area contributed by atoms with Crippen molar-refractivity contribution in [2.45, 2.75) is 25.4 Å². The molecule has 20 heavy (non-hydrogen) atoms. The topological polar surface area (TPSA) is 20.3 Å². The molecular weight excluding hydrogens is 341 g/mol. The molecule has 0 spiro atoms. The van der Waals surface area contributed by atoms with Crippen LogP contribution in [0.2, 0.25) is 0 Å². The Bertz CT molecular complexity index is 625. The van der Waals surface area contributed by atoms with Gasteiger partial charge >= 0.3 is 0 Å². The Kier molecular flexibility index (Phi) is 3.89. The van der Waals surface area contributed by atoms with Gasteiger partial charge in [0.15, 0.2) is 0 Å². The van der Waals surface area contributed by atoms with E-state index in [0.717, 1.165) is 18.4 Å². The molecular formula is C15H13BrFNOS. The Morgan fingerprint density at radius 1 is 1.40 bits per heavy atom. The highest BCUT2D eigenvalue weighted by molar-refractivity contribution is 9.10. The van der Waals surface area contributed by atoms with Crippen molar-refractivity contribution in [3.63, 3.8) is 0 Å². The first-order valence-corrected chi connectivity index (χ1v) is 8.16. The number of amides is 1. The van der Waals surface area contributed by atoms with Crippen LogP contribution in [-0.4, -0.2) is 16.8 Å². The molecule has 0 unspecified atom stereocenters. The lowest BCUT2D eigenvalue weighted by atomic mass is 10.1. The van der Waals surface area contributed by atoms with Crippen LogP contribution in [0.15, 0.2) is 39.5 Å². The lowest BCUT2D eigenvalue weighted by Gasteiger charge is -2.22. The van der Waals surface area contributed by atoms with Gasteiger partial charge < -0.3 is 4.90 Å². The van der Waals surface area contributed by atoms with Crippen molar-refractivity contribution in [3.8, 4) is 0 Å². The van der Waals surface area contributed by atoms with E-state index in [1.54, 1.807) is 17.4 Å². The Morgan fingerprint density at radius 2 is 2.20 bits per heavy atom. The quantitative estimate of drug-likeness (QED) is 0.794. The molecule has 0 N–H and O–H groups in total. The summed E-state index contributed by atoms with van der Waals surface area (Å²) >= 11 is 4.95. The zero-order chi connectivity index (χ0) is 14.1. The molecule has 104 valence electrons. The van der Waals surface area contributed by atoms with Crippen molar-refractivity contribution in [2.24, 2.45) is 0 Å². The number of carbonyl (C=O) groups excluding carboxylic acids is 1. The predicted octanol–water partition coefficient (Wildman–Crippen LogP) is 4.45. The number of rotatable bonds is 4. The Balaban J connectivity index is 1.87. The van der Waals surface area contributed by atoms with E-state index in [1.807, 2.05) is 21.7 Å². The van der Waals surface area contributed by atoms with Gasteiger partial charge in [-0.15, -0.1) is 0 Å². The van der Waals surface area contributed by atoms with E-state index in [1.165, 1.54) is 12.1 Å². The molecule has 1 aliphatic carbocycles. The summed E-state index contributed by atoms with van der Waals surface area (Å²) in [6.07, 6.45) is 2.06.